The van der Waals surface area contributed by atoms with Crippen LogP contribution in [0.1, 0.15) is 16.8 Å². The van der Waals surface area contributed by atoms with E-state index in [1.54, 1.807) is 11.1 Å². The molecule has 0 unspecified atom stereocenters. The van der Waals surface area contributed by atoms with Crippen LogP contribution in [0, 0.1) is 0 Å². The highest BCUT2D eigenvalue weighted by atomic mass is 16.2. The molecule has 5 rings (SSSR count). The molecule has 28 heavy (non-hydrogen) atoms. The van der Waals surface area contributed by atoms with Gasteiger partial charge in [0.15, 0.2) is 0 Å². The molecule has 2 aliphatic heterocycles. The Hall–Kier alpha value is -3.41. The van der Waals surface area contributed by atoms with Gasteiger partial charge in [0.25, 0.3) is 5.91 Å². The molecule has 3 heterocycles. The third-order valence-electron chi connectivity index (χ3n) is 5.54. The second kappa shape index (κ2) is 6.64. The van der Waals surface area contributed by atoms with Crippen molar-refractivity contribution in [1.29, 1.82) is 0 Å². The number of fused-ring (bicyclic) bond motifs is 4. The summed E-state index contributed by atoms with van der Waals surface area (Å²) in [5, 5.41) is 6.76. The Morgan fingerprint density at radius 1 is 1.04 bits per heavy atom. The number of amides is 2. The fourth-order valence-corrected chi connectivity index (χ4v) is 4.12. The van der Waals surface area contributed by atoms with Crippen LogP contribution in [-0.4, -0.2) is 45.5 Å². The van der Waals surface area contributed by atoms with E-state index in [-0.39, 0.29) is 18.4 Å². The van der Waals surface area contributed by atoms with Gasteiger partial charge in [-0.1, -0.05) is 48.5 Å². The summed E-state index contributed by atoms with van der Waals surface area (Å²) in [7, 11) is 0. The summed E-state index contributed by atoms with van der Waals surface area (Å²) in [4.78, 5) is 30.8. The molecular formula is C22H20N4O2. The molecule has 0 radical (unpaired) electrons. The summed E-state index contributed by atoms with van der Waals surface area (Å²) >= 11 is 0. The zero-order valence-electron chi connectivity index (χ0n) is 15.3. The van der Waals surface area contributed by atoms with Gasteiger partial charge in [-0.3, -0.25) is 9.59 Å². The minimum Gasteiger partial charge on any atom is -0.357 e. The van der Waals surface area contributed by atoms with Crippen LogP contribution in [0.3, 0.4) is 0 Å². The van der Waals surface area contributed by atoms with Crippen molar-refractivity contribution in [3.05, 3.63) is 71.4 Å². The fraction of sp³-hybridized carbons (Fsp3) is 0.227. The van der Waals surface area contributed by atoms with Gasteiger partial charge in [-0.25, -0.2) is 5.01 Å². The number of aromatic amines is 1. The first kappa shape index (κ1) is 16.7. The Bertz CT molecular complexity index is 1090. The van der Waals surface area contributed by atoms with Gasteiger partial charge in [0.05, 0.1) is 6.54 Å². The molecule has 1 atom stereocenters. The second-order valence-electron chi connectivity index (χ2n) is 7.25. The Morgan fingerprint density at radius 2 is 1.82 bits per heavy atom. The van der Waals surface area contributed by atoms with Gasteiger partial charge < -0.3 is 9.88 Å². The average Bonchev–Trinajstić information content (AvgIpc) is 3.09. The van der Waals surface area contributed by atoms with E-state index in [0.717, 1.165) is 27.7 Å². The zero-order valence-corrected chi connectivity index (χ0v) is 15.3. The Morgan fingerprint density at radius 3 is 2.68 bits per heavy atom. The van der Waals surface area contributed by atoms with Crippen molar-refractivity contribution in [2.24, 2.45) is 5.10 Å². The molecule has 0 spiro atoms. The first-order valence-electron chi connectivity index (χ1n) is 9.46. The van der Waals surface area contributed by atoms with Gasteiger partial charge in [0.1, 0.15) is 12.6 Å². The number of aromatic nitrogens is 1. The lowest BCUT2D eigenvalue weighted by Crippen LogP contribution is -2.60. The molecule has 0 aliphatic carbocycles. The molecule has 1 N–H and O–H groups in total. The fourth-order valence-electron chi connectivity index (χ4n) is 4.12. The van der Waals surface area contributed by atoms with E-state index in [1.165, 1.54) is 5.01 Å². The molecule has 6 heteroatoms. The highest BCUT2D eigenvalue weighted by molar-refractivity contribution is 5.97. The smallest absolute Gasteiger partial charge is 0.266 e. The van der Waals surface area contributed by atoms with Crippen LogP contribution in [0.5, 0.6) is 0 Å². The molecular weight excluding hydrogens is 352 g/mol. The van der Waals surface area contributed by atoms with Crippen LogP contribution in [0.25, 0.3) is 10.9 Å². The highest BCUT2D eigenvalue weighted by Crippen LogP contribution is 2.32. The van der Waals surface area contributed by atoms with Crippen LogP contribution in [0.2, 0.25) is 0 Å². The number of hydrogen-bond acceptors (Lipinski definition) is 3. The predicted octanol–water partition coefficient (Wildman–Crippen LogP) is 2.49. The van der Waals surface area contributed by atoms with Gasteiger partial charge in [-0.15, -0.1) is 0 Å². The van der Waals surface area contributed by atoms with Crippen LogP contribution >= 0.6 is 0 Å². The van der Waals surface area contributed by atoms with Gasteiger partial charge in [0.2, 0.25) is 5.91 Å². The number of para-hydroxylation sites is 1. The molecule has 0 saturated carbocycles. The lowest BCUT2D eigenvalue weighted by molar-refractivity contribution is -0.157. The SMILES string of the molecule is O=C1[C@@H]2Cc3c([nH]c4ccccc34)CN2C(=O)CN1/N=C\Cc1ccccc1. The summed E-state index contributed by atoms with van der Waals surface area (Å²) in [5.41, 5.74) is 4.32. The number of benzene rings is 2. The average molecular weight is 372 g/mol. The number of H-pyrrole nitrogens is 1. The minimum atomic E-state index is -0.484. The molecule has 1 aromatic heterocycles. The minimum absolute atomic E-state index is 0.00378. The number of carbonyl (C=O) groups excluding carboxylic acids is 2. The van der Waals surface area contributed by atoms with Crippen LogP contribution in [0.15, 0.2) is 59.7 Å². The van der Waals surface area contributed by atoms with Crippen molar-refractivity contribution in [3.8, 4) is 0 Å². The molecule has 140 valence electrons. The second-order valence-corrected chi connectivity index (χ2v) is 7.25. The number of nitrogens with zero attached hydrogens (tertiary/aromatic N) is 3. The number of hydrogen-bond donors (Lipinski definition) is 1. The van der Waals surface area contributed by atoms with Gasteiger partial charge >= 0.3 is 0 Å². The Kier molecular flexibility index (Phi) is 3.97. The molecule has 2 aromatic carbocycles. The number of nitrogens with one attached hydrogen (secondary N) is 1. The molecule has 2 aliphatic rings. The first-order chi connectivity index (χ1) is 13.7. The van der Waals surface area contributed by atoms with Crippen molar-refractivity contribution >= 4 is 28.9 Å². The van der Waals surface area contributed by atoms with Crippen LogP contribution in [0.4, 0.5) is 0 Å². The summed E-state index contributed by atoms with van der Waals surface area (Å²) in [6.45, 7) is 0.441. The maximum Gasteiger partial charge on any atom is 0.266 e. The van der Waals surface area contributed by atoms with Crippen molar-refractivity contribution in [3.63, 3.8) is 0 Å². The van der Waals surface area contributed by atoms with Crippen molar-refractivity contribution in [1.82, 2.24) is 14.9 Å². The molecule has 2 amide bonds. The summed E-state index contributed by atoms with van der Waals surface area (Å²) < 4.78 is 0. The van der Waals surface area contributed by atoms with Crippen LogP contribution in [-0.2, 0) is 29.0 Å². The van der Waals surface area contributed by atoms with E-state index in [1.807, 2.05) is 48.5 Å². The number of hydrazone groups is 1. The van der Waals surface area contributed by atoms with Gasteiger partial charge in [-0.05, 0) is 17.2 Å². The maximum absolute atomic E-state index is 13.0. The third-order valence-corrected chi connectivity index (χ3v) is 5.54. The topological polar surface area (TPSA) is 68.8 Å². The quantitative estimate of drug-likeness (QED) is 0.718. The standard InChI is InChI=1S/C22H20N4O2/c27-21-14-26(23-11-10-15-6-2-1-3-7-15)22(28)20-12-17-16-8-4-5-9-18(16)24-19(17)13-25(20)21/h1-9,11,20,24H,10,12-14H2/b23-11-/t20-/m0/s1. The monoisotopic (exact) mass is 372 g/mol. The number of carbonyl (C=O) groups is 2. The molecule has 1 saturated heterocycles. The van der Waals surface area contributed by atoms with E-state index < -0.39 is 6.04 Å². The van der Waals surface area contributed by atoms with Crippen molar-refractivity contribution in [2.75, 3.05) is 6.54 Å². The molecule has 1 fully saturated rings. The largest absolute Gasteiger partial charge is 0.357 e. The zero-order chi connectivity index (χ0) is 19.1. The lowest BCUT2D eigenvalue weighted by atomic mass is 9.94. The first-order valence-corrected chi connectivity index (χ1v) is 9.46. The predicted molar refractivity (Wildman–Crippen MR) is 107 cm³/mol. The molecule has 3 aromatic rings. The van der Waals surface area contributed by atoms with E-state index in [9.17, 15) is 9.59 Å². The number of piperazine rings is 1. The van der Waals surface area contributed by atoms with E-state index >= 15 is 0 Å². The summed E-state index contributed by atoms with van der Waals surface area (Å²) in [6.07, 6.45) is 2.85. The van der Waals surface area contributed by atoms with Crippen LogP contribution < -0.4 is 0 Å². The maximum atomic E-state index is 13.0. The number of rotatable bonds is 3. The lowest BCUT2D eigenvalue weighted by Gasteiger charge is -2.40. The van der Waals surface area contributed by atoms with Gasteiger partial charge in [-0.2, -0.15) is 5.10 Å². The summed E-state index contributed by atoms with van der Waals surface area (Å²) in [5.74, 6) is -0.175. The van der Waals surface area contributed by atoms with E-state index in [4.69, 9.17) is 0 Å². The normalized spacial score (nSPS) is 19.4. The van der Waals surface area contributed by atoms with E-state index in [2.05, 4.69) is 16.2 Å². The molecule has 6 nitrogen and oxygen atoms in total. The van der Waals surface area contributed by atoms with Crippen molar-refractivity contribution < 1.29 is 9.59 Å². The highest BCUT2D eigenvalue weighted by Gasteiger charge is 2.43. The van der Waals surface area contributed by atoms with Gasteiger partial charge in [0, 0.05) is 35.7 Å². The third kappa shape index (κ3) is 2.78. The molecule has 0 bridgehead atoms. The Balaban J connectivity index is 1.39. The van der Waals surface area contributed by atoms with E-state index in [0.29, 0.717) is 19.4 Å². The van der Waals surface area contributed by atoms with Crippen molar-refractivity contribution in [2.45, 2.75) is 25.4 Å². The Labute approximate surface area is 162 Å². The summed E-state index contributed by atoms with van der Waals surface area (Å²) in [6, 6.07) is 17.5.